The number of likely N-dealkylation sites (N-methyl/N-ethyl adjacent to an activating group) is 1. The minimum Gasteiger partial charge on any atom is -0.456 e. The van der Waals surface area contributed by atoms with Crippen LogP contribution in [0.15, 0.2) is 0 Å². The van der Waals surface area contributed by atoms with Crippen molar-refractivity contribution in [3.63, 3.8) is 0 Å². The normalized spacial score (nSPS) is 35.3. The predicted octanol–water partition coefficient (Wildman–Crippen LogP) is 1.55. The van der Waals surface area contributed by atoms with Gasteiger partial charge in [-0.3, -0.25) is 14.5 Å². The first kappa shape index (κ1) is 27.7. The monoisotopic (exact) mass is 493 g/mol. The smallest absolute Gasteiger partial charge is 0.306 e. The maximum Gasteiger partial charge on any atom is 0.306 e. The zero-order chi connectivity index (χ0) is 24.0. The summed E-state index contributed by atoms with van der Waals surface area (Å²) in [7, 11) is 1.93. The van der Waals surface area contributed by atoms with Crippen LogP contribution in [-0.4, -0.2) is 94.2 Å². The van der Waals surface area contributed by atoms with Gasteiger partial charge in [0.1, 0.15) is 23.7 Å². The zero-order valence-electron chi connectivity index (χ0n) is 19.4. The number of halogens is 1. The molecule has 0 aliphatic carbocycles. The molecule has 1 radical (unpaired) electrons. The number of alkyl halides is 1. The number of likely N-dealkylation sites (tertiary alicyclic amines) is 1. The molecule has 2 aliphatic rings. The van der Waals surface area contributed by atoms with E-state index in [9.17, 15) is 19.8 Å². The SMILES string of the molecule is [CH2]CCC(=O)O[C@@H]1[C@@H](O)[C@@H](O)[C@@H]([C@H](NC(=O)C2CC(CCC)CN2C)C(C)Cl)O[C@@H]1SC. The molecule has 2 aliphatic heterocycles. The van der Waals surface area contributed by atoms with Crippen molar-refractivity contribution in [1.29, 1.82) is 0 Å². The first-order valence-corrected chi connectivity index (χ1v) is 13.0. The Morgan fingerprint density at radius 3 is 2.62 bits per heavy atom. The number of carbonyl (C=O) groups excluding carboxylic acids is 2. The minimum absolute atomic E-state index is 0.106. The van der Waals surface area contributed by atoms with Gasteiger partial charge in [0.25, 0.3) is 0 Å². The number of rotatable bonds is 10. The molecule has 0 aromatic carbocycles. The van der Waals surface area contributed by atoms with E-state index in [-0.39, 0.29) is 18.4 Å². The second-order valence-electron chi connectivity index (χ2n) is 8.80. The average molecular weight is 494 g/mol. The molecule has 185 valence electrons. The van der Waals surface area contributed by atoms with Gasteiger partial charge in [-0.15, -0.1) is 23.4 Å². The molecule has 2 fully saturated rings. The van der Waals surface area contributed by atoms with Gasteiger partial charge in [0.2, 0.25) is 5.91 Å². The van der Waals surface area contributed by atoms with E-state index in [0.717, 1.165) is 25.8 Å². The fraction of sp³-hybridized carbons (Fsp3) is 0.864. The number of carbonyl (C=O) groups is 2. The van der Waals surface area contributed by atoms with Crippen LogP contribution in [0.25, 0.3) is 0 Å². The van der Waals surface area contributed by atoms with Gasteiger partial charge in [0, 0.05) is 13.0 Å². The number of hydrogen-bond donors (Lipinski definition) is 3. The fourth-order valence-electron chi connectivity index (χ4n) is 4.58. The van der Waals surface area contributed by atoms with Crippen LogP contribution in [0, 0.1) is 12.8 Å². The Balaban J connectivity index is 2.12. The van der Waals surface area contributed by atoms with Gasteiger partial charge in [-0.25, -0.2) is 0 Å². The number of nitrogens with zero attached hydrogens (tertiary/aromatic N) is 1. The van der Waals surface area contributed by atoms with Crippen LogP contribution in [0.5, 0.6) is 0 Å². The third-order valence-corrected chi connectivity index (χ3v) is 7.37. The number of nitrogens with one attached hydrogen (secondary N) is 1. The second-order valence-corrected chi connectivity index (χ2v) is 10.4. The summed E-state index contributed by atoms with van der Waals surface area (Å²) in [6.07, 6.45) is 0.386. The minimum atomic E-state index is -1.39. The van der Waals surface area contributed by atoms with Gasteiger partial charge < -0.3 is 25.0 Å². The van der Waals surface area contributed by atoms with Crippen LogP contribution in [0.3, 0.4) is 0 Å². The van der Waals surface area contributed by atoms with E-state index in [1.165, 1.54) is 11.8 Å². The summed E-state index contributed by atoms with van der Waals surface area (Å²) >= 11 is 7.66. The Morgan fingerprint density at radius 2 is 2.06 bits per heavy atom. The first-order valence-electron chi connectivity index (χ1n) is 11.3. The summed E-state index contributed by atoms with van der Waals surface area (Å²) in [5, 5.41) is 23.9. The third-order valence-electron chi connectivity index (χ3n) is 6.26. The molecule has 10 heteroatoms. The lowest BCUT2D eigenvalue weighted by atomic mass is 9.92. The van der Waals surface area contributed by atoms with E-state index < -0.39 is 47.2 Å². The van der Waals surface area contributed by atoms with E-state index >= 15 is 0 Å². The molecule has 3 N–H and O–H groups in total. The Labute approximate surface area is 200 Å². The largest absolute Gasteiger partial charge is 0.456 e. The number of hydrogen-bond acceptors (Lipinski definition) is 8. The Hall–Kier alpha value is -0.580. The molecule has 1 amide bonds. The highest BCUT2D eigenvalue weighted by molar-refractivity contribution is 7.99. The molecule has 32 heavy (non-hydrogen) atoms. The van der Waals surface area contributed by atoms with Crippen molar-refractivity contribution in [2.75, 3.05) is 19.8 Å². The second kappa shape index (κ2) is 12.8. The summed E-state index contributed by atoms with van der Waals surface area (Å²) in [6, 6.07) is -1.01. The van der Waals surface area contributed by atoms with Crippen LogP contribution < -0.4 is 5.32 Å². The lowest BCUT2D eigenvalue weighted by Crippen LogP contribution is -2.65. The fourth-order valence-corrected chi connectivity index (χ4v) is 5.51. The topological polar surface area (TPSA) is 108 Å². The Kier molecular flexibility index (Phi) is 11.0. The number of aliphatic hydroxyl groups is 2. The number of ether oxygens (including phenoxy) is 2. The summed E-state index contributed by atoms with van der Waals surface area (Å²) in [4.78, 5) is 27.1. The van der Waals surface area contributed by atoms with Crippen molar-refractivity contribution in [1.82, 2.24) is 10.2 Å². The molecule has 2 heterocycles. The number of amides is 1. The molecule has 0 aromatic heterocycles. The van der Waals surface area contributed by atoms with Gasteiger partial charge in [-0.2, -0.15) is 0 Å². The maximum atomic E-state index is 13.1. The lowest BCUT2D eigenvalue weighted by molar-refractivity contribution is -0.218. The van der Waals surface area contributed by atoms with E-state index in [0.29, 0.717) is 12.3 Å². The Bertz CT molecular complexity index is 625. The van der Waals surface area contributed by atoms with E-state index in [2.05, 4.69) is 19.2 Å². The van der Waals surface area contributed by atoms with E-state index in [1.54, 1.807) is 13.2 Å². The molecule has 2 saturated heterocycles. The van der Waals surface area contributed by atoms with E-state index in [4.69, 9.17) is 21.1 Å². The van der Waals surface area contributed by atoms with Crippen LogP contribution in [0.2, 0.25) is 0 Å². The number of esters is 1. The molecular formula is C22H38ClN2O6S. The third kappa shape index (κ3) is 6.73. The average Bonchev–Trinajstić information content (AvgIpc) is 3.10. The molecule has 9 atom stereocenters. The van der Waals surface area contributed by atoms with Gasteiger partial charge in [0.15, 0.2) is 6.10 Å². The van der Waals surface area contributed by atoms with Crippen LogP contribution in [-0.2, 0) is 19.1 Å². The molecule has 0 saturated carbocycles. The van der Waals surface area contributed by atoms with Gasteiger partial charge in [-0.1, -0.05) is 20.3 Å². The van der Waals surface area contributed by atoms with Gasteiger partial charge in [0.05, 0.1) is 17.5 Å². The van der Waals surface area contributed by atoms with Crippen molar-refractivity contribution < 1.29 is 29.3 Å². The first-order chi connectivity index (χ1) is 15.1. The standard InChI is InChI=1S/C22H38ClN2O6S/c1-6-8-13-10-14(25(4)11-13)21(29)24-16(12(3)23)19-17(27)18(28)20(22(31-19)32-5)30-15(26)9-7-2/h12-14,16-20,22,27-28H,2,6-11H2,1,3-5H3,(H,24,29)/t12?,13?,14?,16-,17-,18+,19-,20-,22-/m1/s1. The molecule has 8 nitrogen and oxygen atoms in total. The zero-order valence-corrected chi connectivity index (χ0v) is 21.0. The lowest BCUT2D eigenvalue weighted by Gasteiger charge is -2.45. The highest BCUT2D eigenvalue weighted by Gasteiger charge is 2.50. The van der Waals surface area contributed by atoms with Crippen molar-refractivity contribution in [2.45, 2.75) is 93.3 Å². The highest BCUT2D eigenvalue weighted by atomic mass is 35.5. The van der Waals surface area contributed by atoms with Crippen molar-refractivity contribution in [2.24, 2.45) is 5.92 Å². The quantitative estimate of drug-likeness (QED) is 0.311. The molecule has 2 rings (SSSR count). The van der Waals surface area contributed by atoms with Crippen molar-refractivity contribution in [3.05, 3.63) is 6.92 Å². The van der Waals surface area contributed by atoms with Crippen molar-refractivity contribution in [3.8, 4) is 0 Å². The van der Waals surface area contributed by atoms with Gasteiger partial charge in [-0.05, 0) is 45.4 Å². The van der Waals surface area contributed by atoms with Crippen molar-refractivity contribution >= 4 is 35.2 Å². The molecule has 3 unspecified atom stereocenters. The molecule has 0 spiro atoms. The highest BCUT2D eigenvalue weighted by Crippen LogP contribution is 2.33. The number of thioether (sulfide) groups is 1. The molecule has 0 aromatic rings. The van der Waals surface area contributed by atoms with Crippen LogP contribution in [0.4, 0.5) is 0 Å². The van der Waals surface area contributed by atoms with Gasteiger partial charge >= 0.3 is 5.97 Å². The summed E-state index contributed by atoms with van der Waals surface area (Å²) in [6.45, 7) is 8.33. The predicted molar refractivity (Wildman–Crippen MR) is 125 cm³/mol. The summed E-state index contributed by atoms with van der Waals surface area (Å²) < 4.78 is 11.4. The van der Waals surface area contributed by atoms with Crippen LogP contribution >= 0.6 is 23.4 Å². The Morgan fingerprint density at radius 1 is 1.38 bits per heavy atom. The number of aliphatic hydroxyl groups excluding tert-OH is 2. The van der Waals surface area contributed by atoms with E-state index in [1.807, 2.05) is 11.9 Å². The molecule has 0 bridgehead atoms. The summed E-state index contributed by atoms with van der Waals surface area (Å²) in [5.74, 6) is -0.210. The molecular weight excluding hydrogens is 456 g/mol. The van der Waals surface area contributed by atoms with Crippen LogP contribution in [0.1, 0.15) is 46.0 Å². The maximum absolute atomic E-state index is 13.1. The summed E-state index contributed by atoms with van der Waals surface area (Å²) in [5.41, 5.74) is -0.718.